The molecule has 0 amide bonds. The van der Waals surface area contributed by atoms with Crippen LogP contribution >= 0.6 is 11.6 Å². The summed E-state index contributed by atoms with van der Waals surface area (Å²) >= 11 is 5.76. The molecule has 3 nitrogen and oxygen atoms in total. The van der Waals surface area contributed by atoms with E-state index in [0.717, 1.165) is 5.56 Å². The number of hydrogen-bond acceptors (Lipinski definition) is 2. The van der Waals surface area contributed by atoms with Crippen LogP contribution in [-0.2, 0) is 5.41 Å². The Balaban J connectivity index is 2.50. The van der Waals surface area contributed by atoms with Gasteiger partial charge in [0.25, 0.3) is 0 Å². The van der Waals surface area contributed by atoms with E-state index in [2.05, 4.69) is 25.8 Å². The number of pyridine rings is 1. The molecular weight excluding hydrogens is 274 g/mol. The third-order valence-corrected chi connectivity index (χ3v) is 3.37. The van der Waals surface area contributed by atoms with Crippen molar-refractivity contribution in [2.24, 2.45) is 0 Å². The first-order chi connectivity index (χ1) is 9.29. The molecule has 1 N–H and O–H groups in total. The standard InChI is InChI=1S/C16H16ClNO2/c1-16(2,3)11-6-4-10(5-7-11)13-9-18-14(17)8-12(13)15(19)20/h4-9H,1-3H3,(H,19,20). The second-order valence-corrected chi connectivity index (χ2v) is 6.07. The zero-order valence-electron chi connectivity index (χ0n) is 11.6. The summed E-state index contributed by atoms with van der Waals surface area (Å²) in [6.07, 6.45) is 1.50. The highest BCUT2D eigenvalue weighted by atomic mass is 35.5. The Kier molecular flexibility index (Phi) is 3.82. The molecule has 0 fully saturated rings. The summed E-state index contributed by atoms with van der Waals surface area (Å²) in [7, 11) is 0. The molecule has 0 saturated heterocycles. The van der Waals surface area contributed by atoms with Crippen molar-refractivity contribution in [2.45, 2.75) is 26.2 Å². The van der Waals surface area contributed by atoms with E-state index in [0.29, 0.717) is 5.56 Å². The predicted molar refractivity (Wildman–Crippen MR) is 80.3 cm³/mol. The number of carboxylic acids is 1. The van der Waals surface area contributed by atoms with Crippen molar-refractivity contribution in [3.05, 3.63) is 52.8 Å². The van der Waals surface area contributed by atoms with Crippen LogP contribution in [0.25, 0.3) is 11.1 Å². The number of halogens is 1. The summed E-state index contributed by atoms with van der Waals surface area (Å²) in [5.74, 6) is -1.01. The van der Waals surface area contributed by atoms with Gasteiger partial charge in [-0.05, 0) is 22.6 Å². The molecule has 0 unspecified atom stereocenters. The Morgan fingerprint density at radius 2 is 1.80 bits per heavy atom. The highest BCUT2D eigenvalue weighted by molar-refractivity contribution is 6.29. The minimum atomic E-state index is -1.01. The average Bonchev–Trinajstić information content (AvgIpc) is 2.37. The van der Waals surface area contributed by atoms with Gasteiger partial charge in [0.1, 0.15) is 5.15 Å². The van der Waals surface area contributed by atoms with E-state index in [1.165, 1.54) is 17.8 Å². The van der Waals surface area contributed by atoms with E-state index >= 15 is 0 Å². The van der Waals surface area contributed by atoms with Crippen molar-refractivity contribution in [2.75, 3.05) is 0 Å². The Labute approximate surface area is 123 Å². The number of carboxylic acid groups (broad SMARTS) is 1. The number of hydrogen-bond donors (Lipinski definition) is 1. The Hall–Kier alpha value is -1.87. The van der Waals surface area contributed by atoms with Gasteiger partial charge in [0.2, 0.25) is 0 Å². The average molecular weight is 290 g/mol. The molecule has 2 rings (SSSR count). The van der Waals surface area contributed by atoms with Crippen LogP contribution in [0.15, 0.2) is 36.5 Å². The van der Waals surface area contributed by atoms with Gasteiger partial charge < -0.3 is 5.11 Å². The zero-order valence-corrected chi connectivity index (χ0v) is 12.4. The van der Waals surface area contributed by atoms with Gasteiger partial charge in [-0.15, -0.1) is 0 Å². The van der Waals surface area contributed by atoms with Crippen molar-refractivity contribution in [1.82, 2.24) is 4.98 Å². The molecule has 0 aliphatic heterocycles. The third kappa shape index (κ3) is 2.99. The molecule has 104 valence electrons. The highest BCUT2D eigenvalue weighted by Crippen LogP contribution is 2.28. The number of carbonyl (C=O) groups is 1. The van der Waals surface area contributed by atoms with Gasteiger partial charge in [-0.25, -0.2) is 9.78 Å². The van der Waals surface area contributed by atoms with Crippen LogP contribution in [0.5, 0.6) is 0 Å². The van der Waals surface area contributed by atoms with Crippen molar-refractivity contribution in [1.29, 1.82) is 0 Å². The van der Waals surface area contributed by atoms with E-state index in [9.17, 15) is 9.90 Å². The second-order valence-electron chi connectivity index (χ2n) is 5.69. The number of rotatable bonds is 2. The van der Waals surface area contributed by atoms with Crippen LogP contribution in [0.3, 0.4) is 0 Å². The Morgan fingerprint density at radius 3 is 2.30 bits per heavy atom. The Bertz CT molecular complexity index is 643. The smallest absolute Gasteiger partial charge is 0.336 e. The van der Waals surface area contributed by atoms with Crippen LogP contribution in [0.2, 0.25) is 5.15 Å². The lowest BCUT2D eigenvalue weighted by Crippen LogP contribution is -2.10. The summed E-state index contributed by atoms with van der Waals surface area (Å²) in [6.45, 7) is 6.40. The highest BCUT2D eigenvalue weighted by Gasteiger charge is 2.16. The van der Waals surface area contributed by atoms with Gasteiger partial charge in [0, 0.05) is 11.8 Å². The maximum absolute atomic E-state index is 11.3. The van der Waals surface area contributed by atoms with Crippen LogP contribution in [0.4, 0.5) is 0 Å². The Morgan fingerprint density at radius 1 is 1.20 bits per heavy atom. The molecule has 1 aromatic heterocycles. The lowest BCUT2D eigenvalue weighted by Gasteiger charge is -2.19. The van der Waals surface area contributed by atoms with Crippen molar-refractivity contribution in [3.8, 4) is 11.1 Å². The molecule has 0 saturated carbocycles. The summed E-state index contributed by atoms with van der Waals surface area (Å²) in [5, 5.41) is 9.43. The molecule has 0 atom stereocenters. The fourth-order valence-electron chi connectivity index (χ4n) is 1.99. The largest absolute Gasteiger partial charge is 0.478 e. The summed E-state index contributed by atoms with van der Waals surface area (Å²) in [6, 6.07) is 9.22. The van der Waals surface area contributed by atoms with Gasteiger partial charge in [0.15, 0.2) is 0 Å². The maximum atomic E-state index is 11.3. The van der Waals surface area contributed by atoms with E-state index in [1.807, 2.05) is 24.3 Å². The van der Waals surface area contributed by atoms with E-state index in [4.69, 9.17) is 11.6 Å². The van der Waals surface area contributed by atoms with E-state index < -0.39 is 5.97 Å². The van der Waals surface area contributed by atoms with Crippen LogP contribution in [0, 0.1) is 0 Å². The fourth-order valence-corrected chi connectivity index (χ4v) is 2.14. The van der Waals surface area contributed by atoms with Crippen molar-refractivity contribution < 1.29 is 9.90 Å². The minimum absolute atomic E-state index is 0.0619. The topological polar surface area (TPSA) is 50.2 Å². The monoisotopic (exact) mass is 289 g/mol. The van der Waals surface area contributed by atoms with E-state index in [-0.39, 0.29) is 16.1 Å². The molecule has 1 heterocycles. The number of aromatic carboxylic acids is 1. The minimum Gasteiger partial charge on any atom is -0.478 e. The van der Waals surface area contributed by atoms with Gasteiger partial charge in [-0.3, -0.25) is 0 Å². The fraction of sp³-hybridized carbons (Fsp3) is 0.250. The summed E-state index contributed by atoms with van der Waals surface area (Å²) < 4.78 is 0. The molecule has 2 aromatic rings. The maximum Gasteiger partial charge on any atom is 0.336 e. The molecule has 0 bridgehead atoms. The van der Waals surface area contributed by atoms with Crippen LogP contribution in [-0.4, -0.2) is 16.1 Å². The molecule has 0 radical (unpaired) electrons. The number of benzene rings is 1. The van der Waals surface area contributed by atoms with Crippen LogP contribution < -0.4 is 0 Å². The first kappa shape index (κ1) is 14.5. The zero-order chi connectivity index (χ0) is 14.9. The first-order valence-electron chi connectivity index (χ1n) is 6.29. The molecule has 1 aromatic carbocycles. The molecule has 0 aliphatic rings. The molecular formula is C16H16ClNO2. The quantitative estimate of drug-likeness (QED) is 0.834. The normalized spacial score (nSPS) is 11.4. The number of nitrogens with zero attached hydrogens (tertiary/aromatic N) is 1. The molecule has 0 aliphatic carbocycles. The van der Waals surface area contributed by atoms with Gasteiger partial charge in [-0.1, -0.05) is 56.6 Å². The number of aromatic nitrogens is 1. The van der Waals surface area contributed by atoms with Gasteiger partial charge >= 0.3 is 5.97 Å². The third-order valence-electron chi connectivity index (χ3n) is 3.16. The molecule has 20 heavy (non-hydrogen) atoms. The lowest BCUT2D eigenvalue weighted by atomic mass is 9.86. The first-order valence-corrected chi connectivity index (χ1v) is 6.66. The molecule has 0 spiro atoms. The second kappa shape index (κ2) is 5.25. The van der Waals surface area contributed by atoms with Crippen LogP contribution in [0.1, 0.15) is 36.7 Å². The van der Waals surface area contributed by atoms with Crippen molar-refractivity contribution in [3.63, 3.8) is 0 Å². The van der Waals surface area contributed by atoms with Crippen molar-refractivity contribution >= 4 is 17.6 Å². The predicted octanol–water partition coefficient (Wildman–Crippen LogP) is 4.40. The SMILES string of the molecule is CC(C)(C)c1ccc(-c2cnc(Cl)cc2C(=O)O)cc1. The van der Waals surface area contributed by atoms with E-state index in [1.54, 1.807) is 0 Å². The summed E-state index contributed by atoms with van der Waals surface area (Å²) in [4.78, 5) is 15.3. The summed E-state index contributed by atoms with van der Waals surface area (Å²) in [5.41, 5.74) is 2.81. The van der Waals surface area contributed by atoms with Gasteiger partial charge in [0.05, 0.1) is 5.56 Å². The molecule has 4 heteroatoms. The van der Waals surface area contributed by atoms with Gasteiger partial charge in [-0.2, -0.15) is 0 Å². The lowest BCUT2D eigenvalue weighted by molar-refractivity contribution is 0.0697.